The molecule has 0 bridgehead atoms. The van der Waals surface area contributed by atoms with Gasteiger partial charge < -0.3 is 5.32 Å². The predicted octanol–water partition coefficient (Wildman–Crippen LogP) is 4.93. The Morgan fingerprint density at radius 2 is 2.10 bits per heavy atom. The first kappa shape index (κ1) is 14.8. The van der Waals surface area contributed by atoms with Crippen molar-refractivity contribution < 1.29 is 4.92 Å². The Kier molecular flexibility index (Phi) is 4.62. The van der Waals surface area contributed by atoms with Gasteiger partial charge in [-0.1, -0.05) is 33.6 Å². The maximum atomic E-state index is 10.9. The first-order valence-electron chi connectivity index (χ1n) is 5.91. The van der Waals surface area contributed by atoms with Gasteiger partial charge in [0.1, 0.15) is 0 Å². The number of rotatable bonds is 4. The molecule has 0 atom stereocenters. The number of halogens is 2. The van der Waals surface area contributed by atoms with Gasteiger partial charge in [0.05, 0.1) is 4.92 Å². The molecule has 4 nitrogen and oxygen atoms in total. The van der Waals surface area contributed by atoms with Crippen LogP contribution < -0.4 is 5.32 Å². The van der Waals surface area contributed by atoms with Crippen LogP contribution in [-0.4, -0.2) is 4.92 Å². The quantitative estimate of drug-likeness (QED) is 0.625. The van der Waals surface area contributed by atoms with E-state index in [2.05, 4.69) is 21.2 Å². The Morgan fingerprint density at radius 3 is 2.80 bits per heavy atom. The van der Waals surface area contributed by atoms with Gasteiger partial charge in [-0.25, -0.2) is 0 Å². The highest BCUT2D eigenvalue weighted by molar-refractivity contribution is 9.10. The SMILES string of the molecule is Cc1c(NCc2cc(Br)ccc2Cl)cccc1[N+](=O)[O-]. The van der Waals surface area contributed by atoms with E-state index >= 15 is 0 Å². The number of nitrogens with zero attached hydrogens (tertiary/aromatic N) is 1. The van der Waals surface area contributed by atoms with Gasteiger partial charge in [0.15, 0.2) is 0 Å². The van der Waals surface area contributed by atoms with Crippen molar-refractivity contribution in [2.45, 2.75) is 13.5 Å². The number of nitrogens with one attached hydrogen (secondary N) is 1. The third kappa shape index (κ3) is 3.29. The number of hydrogen-bond donors (Lipinski definition) is 1. The summed E-state index contributed by atoms with van der Waals surface area (Å²) in [4.78, 5) is 10.5. The van der Waals surface area contributed by atoms with Gasteiger partial charge >= 0.3 is 0 Å². The average molecular weight is 356 g/mol. The highest BCUT2D eigenvalue weighted by Gasteiger charge is 2.13. The minimum absolute atomic E-state index is 0.107. The Hall–Kier alpha value is -1.59. The fourth-order valence-electron chi connectivity index (χ4n) is 1.88. The number of benzene rings is 2. The number of nitro groups is 1. The van der Waals surface area contributed by atoms with Gasteiger partial charge in [0.25, 0.3) is 5.69 Å². The molecule has 0 saturated heterocycles. The van der Waals surface area contributed by atoms with Crippen LogP contribution in [0, 0.1) is 17.0 Å². The standard InChI is InChI=1S/C14H12BrClN2O2/c1-9-13(3-2-4-14(9)18(19)20)17-8-10-7-11(15)5-6-12(10)16/h2-7,17H,8H2,1H3. The second kappa shape index (κ2) is 6.24. The molecule has 0 saturated carbocycles. The zero-order valence-corrected chi connectivity index (χ0v) is 13.0. The van der Waals surface area contributed by atoms with Gasteiger partial charge in [-0.2, -0.15) is 0 Å². The maximum Gasteiger partial charge on any atom is 0.274 e. The summed E-state index contributed by atoms with van der Waals surface area (Å²) in [6, 6.07) is 10.6. The molecular formula is C14H12BrClN2O2. The van der Waals surface area contributed by atoms with Crippen LogP contribution >= 0.6 is 27.5 Å². The van der Waals surface area contributed by atoms with E-state index in [0.717, 1.165) is 15.7 Å². The lowest BCUT2D eigenvalue weighted by molar-refractivity contribution is -0.385. The van der Waals surface area contributed by atoms with Gasteiger partial charge in [-0.05, 0) is 36.8 Å². The molecule has 0 amide bonds. The summed E-state index contributed by atoms with van der Waals surface area (Å²) in [7, 11) is 0. The van der Waals surface area contributed by atoms with Crippen molar-refractivity contribution in [1.82, 2.24) is 0 Å². The van der Waals surface area contributed by atoms with E-state index in [4.69, 9.17) is 11.6 Å². The molecule has 0 aliphatic rings. The van der Waals surface area contributed by atoms with Crippen molar-refractivity contribution in [2.24, 2.45) is 0 Å². The van der Waals surface area contributed by atoms with Crippen LogP contribution in [0.3, 0.4) is 0 Å². The average Bonchev–Trinajstić information content (AvgIpc) is 2.41. The molecule has 1 N–H and O–H groups in total. The molecule has 6 heteroatoms. The van der Waals surface area contributed by atoms with E-state index in [9.17, 15) is 10.1 Å². The Morgan fingerprint density at radius 1 is 1.35 bits per heavy atom. The molecule has 0 unspecified atom stereocenters. The highest BCUT2D eigenvalue weighted by atomic mass is 79.9. The summed E-state index contributed by atoms with van der Waals surface area (Å²) in [5.41, 5.74) is 2.38. The molecule has 2 aromatic rings. The van der Waals surface area contributed by atoms with E-state index in [0.29, 0.717) is 17.1 Å². The fourth-order valence-corrected chi connectivity index (χ4v) is 2.47. The molecule has 0 aromatic heterocycles. The van der Waals surface area contributed by atoms with Crippen LogP contribution in [0.25, 0.3) is 0 Å². The van der Waals surface area contributed by atoms with E-state index in [-0.39, 0.29) is 10.6 Å². The molecular weight excluding hydrogens is 344 g/mol. The molecule has 20 heavy (non-hydrogen) atoms. The Labute approximate surface area is 130 Å². The van der Waals surface area contributed by atoms with Crippen LogP contribution in [0.15, 0.2) is 40.9 Å². The van der Waals surface area contributed by atoms with Crippen LogP contribution in [0.1, 0.15) is 11.1 Å². The molecule has 2 aromatic carbocycles. The zero-order valence-electron chi connectivity index (χ0n) is 10.7. The van der Waals surface area contributed by atoms with E-state index in [1.54, 1.807) is 13.0 Å². The molecule has 0 fully saturated rings. The summed E-state index contributed by atoms with van der Waals surface area (Å²) in [6.07, 6.45) is 0. The molecule has 2 rings (SSSR count). The van der Waals surface area contributed by atoms with E-state index < -0.39 is 0 Å². The highest BCUT2D eigenvalue weighted by Crippen LogP contribution is 2.27. The van der Waals surface area contributed by atoms with Crippen LogP contribution in [0.2, 0.25) is 5.02 Å². The number of hydrogen-bond acceptors (Lipinski definition) is 3. The van der Waals surface area contributed by atoms with Crippen molar-refractivity contribution in [3.8, 4) is 0 Å². The maximum absolute atomic E-state index is 10.9. The number of nitro benzene ring substituents is 1. The van der Waals surface area contributed by atoms with Gasteiger partial charge in [-0.3, -0.25) is 10.1 Å². The van der Waals surface area contributed by atoms with Crippen molar-refractivity contribution in [3.63, 3.8) is 0 Å². The lowest BCUT2D eigenvalue weighted by atomic mass is 10.1. The second-order valence-electron chi connectivity index (χ2n) is 4.30. The Bertz CT molecular complexity index is 662. The lowest BCUT2D eigenvalue weighted by Crippen LogP contribution is -2.03. The Balaban J connectivity index is 2.21. The van der Waals surface area contributed by atoms with Gasteiger partial charge in [0.2, 0.25) is 0 Å². The van der Waals surface area contributed by atoms with Gasteiger partial charge in [0, 0.05) is 33.4 Å². The molecule has 0 aliphatic heterocycles. The molecule has 0 aliphatic carbocycles. The van der Waals surface area contributed by atoms with Crippen LogP contribution in [0.4, 0.5) is 11.4 Å². The minimum Gasteiger partial charge on any atom is -0.380 e. The molecule has 104 valence electrons. The zero-order chi connectivity index (χ0) is 14.7. The lowest BCUT2D eigenvalue weighted by Gasteiger charge is -2.11. The summed E-state index contributed by atoms with van der Waals surface area (Å²) in [5, 5.41) is 14.7. The van der Waals surface area contributed by atoms with Crippen LogP contribution in [0.5, 0.6) is 0 Å². The molecule has 0 radical (unpaired) electrons. The monoisotopic (exact) mass is 354 g/mol. The van der Waals surface area contributed by atoms with Crippen molar-refractivity contribution in [1.29, 1.82) is 0 Å². The second-order valence-corrected chi connectivity index (χ2v) is 5.62. The largest absolute Gasteiger partial charge is 0.380 e. The molecule has 0 spiro atoms. The van der Waals surface area contributed by atoms with Crippen molar-refractivity contribution >= 4 is 38.9 Å². The predicted molar refractivity (Wildman–Crippen MR) is 84.3 cm³/mol. The first-order valence-corrected chi connectivity index (χ1v) is 7.08. The summed E-state index contributed by atoms with van der Waals surface area (Å²) in [5.74, 6) is 0. The van der Waals surface area contributed by atoms with Crippen LogP contribution in [-0.2, 0) is 6.54 Å². The van der Waals surface area contributed by atoms with E-state index in [1.165, 1.54) is 6.07 Å². The van der Waals surface area contributed by atoms with Crippen molar-refractivity contribution in [2.75, 3.05) is 5.32 Å². The summed E-state index contributed by atoms with van der Waals surface area (Å²) in [6.45, 7) is 2.23. The third-order valence-electron chi connectivity index (χ3n) is 2.98. The third-order valence-corrected chi connectivity index (χ3v) is 3.84. The van der Waals surface area contributed by atoms with Gasteiger partial charge in [-0.15, -0.1) is 0 Å². The van der Waals surface area contributed by atoms with Crippen molar-refractivity contribution in [3.05, 3.63) is 67.1 Å². The minimum atomic E-state index is -0.382. The smallest absolute Gasteiger partial charge is 0.274 e. The summed E-state index contributed by atoms with van der Waals surface area (Å²) >= 11 is 9.51. The fraction of sp³-hybridized carbons (Fsp3) is 0.143. The normalized spacial score (nSPS) is 10.3. The van der Waals surface area contributed by atoms with E-state index in [1.807, 2.05) is 24.3 Å². The number of anilines is 1. The summed E-state index contributed by atoms with van der Waals surface area (Å²) < 4.78 is 0.939. The molecule has 0 heterocycles. The topological polar surface area (TPSA) is 55.2 Å². The first-order chi connectivity index (χ1) is 9.49.